The number of amides is 2. The molecule has 28 heavy (non-hydrogen) atoms. The van der Waals surface area contributed by atoms with Crippen molar-refractivity contribution in [3.8, 4) is 0 Å². The summed E-state index contributed by atoms with van der Waals surface area (Å²) in [6, 6.07) is 3.71. The van der Waals surface area contributed by atoms with Gasteiger partial charge >= 0.3 is 5.97 Å². The molecule has 0 spiro atoms. The first-order valence-corrected chi connectivity index (χ1v) is 9.49. The number of allylic oxidation sites excluding steroid dienone is 1. The molecule has 0 aliphatic rings. The lowest BCUT2D eigenvalue weighted by atomic mass is 10.0. The SMILES string of the molecule is C=CCCCCCC[C@@H](NC(=O)[C@@H](Cc1cccc(F)c1)NC(C)=O)C(=O)O. The Morgan fingerprint density at radius 1 is 1.14 bits per heavy atom. The van der Waals surface area contributed by atoms with Crippen molar-refractivity contribution in [1.29, 1.82) is 0 Å². The van der Waals surface area contributed by atoms with Crippen LogP contribution in [0.2, 0.25) is 0 Å². The summed E-state index contributed by atoms with van der Waals surface area (Å²) < 4.78 is 13.4. The van der Waals surface area contributed by atoms with Gasteiger partial charge in [-0.05, 0) is 37.0 Å². The van der Waals surface area contributed by atoms with Gasteiger partial charge in [0.2, 0.25) is 11.8 Å². The lowest BCUT2D eigenvalue weighted by Crippen LogP contribution is -2.52. The Balaban J connectivity index is 2.67. The van der Waals surface area contributed by atoms with Crippen LogP contribution in [0.1, 0.15) is 51.0 Å². The molecule has 0 aliphatic carbocycles. The van der Waals surface area contributed by atoms with Gasteiger partial charge in [0.1, 0.15) is 17.9 Å². The molecule has 0 saturated carbocycles. The van der Waals surface area contributed by atoms with Crippen molar-refractivity contribution in [3.63, 3.8) is 0 Å². The van der Waals surface area contributed by atoms with Crippen LogP contribution in [0.5, 0.6) is 0 Å². The van der Waals surface area contributed by atoms with E-state index in [0.717, 1.165) is 25.7 Å². The molecule has 7 heteroatoms. The summed E-state index contributed by atoms with van der Waals surface area (Å²) >= 11 is 0. The summed E-state index contributed by atoms with van der Waals surface area (Å²) in [6.45, 7) is 4.93. The standard InChI is InChI=1S/C21H29FN2O4/c1-3-4-5-6-7-8-12-18(21(27)28)24-20(26)19(23-15(2)25)14-16-10-9-11-17(22)13-16/h3,9-11,13,18-19H,1,4-8,12,14H2,2H3,(H,23,25)(H,24,26)(H,27,28)/t18-,19-/m1/s1. The summed E-state index contributed by atoms with van der Waals surface area (Å²) in [6.07, 6.45) is 6.67. The van der Waals surface area contributed by atoms with Gasteiger partial charge in [0.25, 0.3) is 0 Å². The number of unbranched alkanes of at least 4 members (excludes halogenated alkanes) is 4. The zero-order valence-corrected chi connectivity index (χ0v) is 16.2. The average molecular weight is 392 g/mol. The van der Waals surface area contributed by atoms with Crippen molar-refractivity contribution in [1.82, 2.24) is 10.6 Å². The van der Waals surface area contributed by atoms with E-state index in [0.29, 0.717) is 18.4 Å². The van der Waals surface area contributed by atoms with Crippen molar-refractivity contribution in [2.24, 2.45) is 0 Å². The minimum atomic E-state index is -1.12. The van der Waals surface area contributed by atoms with E-state index in [1.165, 1.54) is 25.1 Å². The number of halogens is 1. The number of nitrogens with one attached hydrogen (secondary N) is 2. The molecule has 0 aliphatic heterocycles. The van der Waals surface area contributed by atoms with E-state index in [-0.39, 0.29) is 6.42 Å². The van der Waals surface area contributed by atoms with E-state index in [9.17, 15) is 23.9 Å². The maximum atomic E-state index is 13.4. The molecule has 0 bridgehead atoms. The number of aliphatic carboxylic acids is 1. The number of carboxylic acids is 1. The van der Waals surface area contributed by atoms with Crippen LogP contribution in [-0.2, 0) is 20.8 Å². The summed E-state index contributed by atoms with van der Waals surface area (Å²) in [4.78, 5) is 35.5. The highest BCUT2D eigenvalue weighted by molar-refractivity contribution is 5.90. The third-order valence-electron chi connectivity index (χ3n) is 4.29. The first-order valence-electron chi connectivity index (χ1n) is 9.49. The Morgan fingerprint density at radius 2 is 1.86 bits per heavy atom. The zero-order chi connectivity index (χ0) is 20.9. The molecule has 2 atom stereocenters. The molecule has 0 unspecified atom stereocenters. The Kier molecular flexibility index (Phi) is 10.5. The van der Waals surface area contributed by atoms with Crippen molar-refractivity contribution < 1.29 is 23.9 Å². The van der Waals surface area contributed by atoms with Gasteiger partial charge in [-0.1, -0.05) is 37.5 Å². The molecule has 2 amide bonds. The summed E-state index contributed by atoms with van der Waals surface area (Å²) in [7, 11) is 0. The normalized spacial score (nSPS) is 12.6. The summed E-state index contributed by atoms with van der Waals surface area (Å²) in [5.41, 5.74) is 0.531. The third kappa shape index (κ3) is 9.30. The van der Waals surface area contributed by atoms with Crippen LogP contribution < -0.4 is 10.6 Å². The van der Waals surface area contributed by atoms with Gasteiger partial charge in [-0.3, -0.25) is 9.59 Å². The first kappa shape index (κ1) is 23.3. The van der Waals surface area contributed by atoms with Gasteiger partial charge in [0.05, 0.1) is 0 Å². The van der Waals surface area contributed by atoms with Crippen molar-refractivity contribution >= 4 is 17.8 Å². The van der Waals surface area contributed by atoms with Gasteiger partial charge < -0.3 is 15.7 Å². The smallest absolute Gasteiger partial charge is 0.326 e. The molecule has 154 valence electrons. The molecular weight excluding hydrogens is 363 g/mol. The van der Waals surface area contributed by atoms with E-state index < -0.39 is 35.7 Å². The number of carbonyl (C=O) groups is 3. The van der Waals surface area contributed by atoms with Crippen LogP contribution in [-0.4, -0.2) is 35.0 Å². The predicted octanol–water partition coefficient (Wildman–Crippen LogP) is 2.97. The van der Waals surface area contributed by atoms with Crippen molar-refractivity contribution in [2.45, 2.75) is 64.0 Å². The lowest BCUT2D eigenvalue weighted by Gasteiger charge is -2.21. The zero-order valence-electron chi connectivity index (χ0n) is 16.2. The minimum Gasteiger partial charge on any atom is -0.480 e. The fourth-order valence-corrected chi connectivity index (χ4v) is 2.87. The number of carbonyl (C=O) groups excluding carboxylic acids is 2. The minimum absolute atomic E-state index is 0.0665. The number of benzene rings is 1. The van der Waals surface area contributed by atoms with Crippen LogP contribution in [0.15, 0.2) is 36.9 Å². The quantitative estimate of drug-likeness (QED) is 0.355. The van der Waals surface area contributed by atoms with E-state index >= 15 is 0 Å². The lowest BCUT2D eigenvalue weighted by molar-refractivity contribution is -0.142. The number of carboxylic acid groups (broad SMARTS) is 1. The molecule has 1 aromatic carbocycles. The maximum Gasteiger partial charge on any atom is 0.326 e. The maximum absolute atomic E-state index is 13.4. The molecular formula is C21H29FN2O4. The van der Waals surface area contributed by atoms with E-state index in [4.69, 9.17) is 0 Å². The average Bonchev–Trinajstić information content (AvgIpc) is 2.62. The molecule has 0 fully saturated rings. The predicted molar refractivity (Wildman–Crippen MR) is 105 cm³/mol. The second-order valence-electron chi connectivity index (χ2n) is 6.77. The molecule has 0 radical (unpaired) electrons. The first-order chi connectivity index (χ1) is 13.3. The van der Waals surface area contributed by atoms with Crippen LogP contribution in [0.25, 0.3) is 0 Å². The Labute approximate surface area is 165 Å². The highest BCUT2D eigenvalue weighted by Crippen LogP contribution is 2.10. The van der Waals surface area contributed by atoms with Gasteiger partial charge in [-0.15, -0.1) is 6.58 Å². The highest BCUT2D eigenvalue weighted by Gasteiger charge is 2.26. The summed E-state index contributed by atoms with van der Waals surface area (Å²) in [5, 5.41) is 14.4. The topological polar surface area (TPSA) is 95.5 Å². The van der Waals surface area contributed by atoms with Crippen LogP contribution in [0.4, 0.5) is 4.39 Å². The molecule has 1 rings (SSSR count). The fraction of sp³-hybridized carbons (Fsp3) is 0.476. The Bertz CT molecular complexity index is 678. The van der Waals surface area contributed by atoms with Crippen molar-refractivity contribution in [2.75, 3.05) is 0 Å². The van der Waals surface area contributed by atoms with Crippen molar-refractivity contribution in [3.05, 3.63) is 48.3 Å². The molecule has 1 aromatic rings. The van der Waals surface area contributed by atoms with E-state index in [1.807, 2.05) is 6.08 Å². The van der Waals surface area contributed by atoms with Gasteiger partial charge in [0.15, 0.2) is 0 Å². The van der Waals surface area contributed by atoms with Crippen LogP contribution in [0.3, 0.4) is 0 Å². The highest BCUT2D eigenvalue weighted by atomic mass is 19.1. The van der Waals surface area contributed by atoms with Gasteiger partial charge in [-0.25, -0.2) is 9.18 Å². The number of rotatable bonds is 13. The third-order valence-corrected chi connectivity index (χ3v) is 4.29. The largest absolute Gasteiger partial charge is 0.480 e. The van der Waals surface area contributed by atoms with Crippen LogP contribution >= 0.6 is 0 Å². The Hall–Kier alpha value is -2.70. The van der Waals surface area contributed by atoms with Gasteiger partial charge in [0, 0.05) is 13.3 Å². The molecule has 3 N–H and O–H groups in total. The molecule has 0 saturated heterocycles. The molecule has 6 nitrogen and oxygen atoms in total. The van der Waals surface area contributed by atoms with Gasteiger partial charge in [-0.2, -0.15) is 0 Å². The van der Waals surface area contributed by atoms with Crippen LogP contribution in [0, 0.1) is 5.82 Å². The molecule has 0 aromatic heterocycles. The molecule has 0 heterocycles. The number of hydrogen-bond acceptors (Lipinski definition) is 3. The second kappa shape index (κ2) is 12.6. The fourth-order valence-electron chi connectivity index (χ4n) is 2.87. The van der Waals surface area contributed by atoms with E-state index in [2.05, 4.69) is 17.2 Å². The number of hydrogen-bond donors (Lipinski definition) is 3. The monoisotopic (exact) mass is 392 g/mol. The Morgan fingerprint density at radius 3 is 2.46 bits per heavy atom. The second-order valence-corrected chi connectivity index (χ2v) is 6.77. The summed E-state index contributed by atoms with van der Waals surface area (Å²) in [5.74, 6) is -2.59. The van der Waals surface area contributed by atoms with E-state index in [1.54, 1.807) is 6.07 Å².